The lowest BCUT2D eigenvalue weighted by Crippen LogP contribution is -2.65. The molecule has 0 aromatic heterocycles. The molecule has 1 aliphatic heterocycles. The SMILES string of the molecule is O=C(CC[C@@]1(Cc2ccc3ccccc3c2)CCC(=O)N1)NC12C[C@H]3C[C@@H](CC(O)(C3)C1)C2. The van der Waals surface area contributed by atoms with Crippen LogP contribution in [0.1, 0.15) is 69.8 Å². The summed E-state index contributed by atoms with van der Waals surface area (Å²) in [6.45, 7) is 0. The van der Waals surface area contributed by atoms with E-state index in [1.54, 1.807) is 0 Å². The largest absolute Gasteiger partial charge is 0.390 e. The number of carbonyl (C=O) groups is 2. The molecular weight excluding hydrogens is 412 g/mol. The summed E-state index contributed by atoms with van der Waals surface area (Å²) in [6, 6.07) is 14.8. The molecule has 7 rings (SSSR count). The minimum atomic E-state index is -0.575. The van der Waals surface area contributed by atoms with E-state index in [0.717, 1.165) is 38.5 Å². The molecule has 3 N–H and O–H groups in total. The number of amides is 2. The van der Waals surface area contributed by atoms with Crippen LogP contribution in [-0.2, 0) is 16.0 Å². The molecule has 2 aromatic rings. The average Bonchev–Trinajstić information content (AvgIpc) is 3.11. The fourth-order valence-corrected chi connectivity index (χ4v) is 7.99. The van der Waals surface area contributed by atoms with Crippen LogP contribution in [0.5, 0.6) is 0 Å². The van der Waals surface area contributed by atoms with Crippen molar-refractivity contribution in [1.29, 1.82) is 0 Å². The number of hydrogen-bond donors (Lipinski definition) is 3. The molecule has 1 saturated heterocycles. The standard InChI is InChI=1S/C28H34N2O3/c31-24-7-9-26(29-24,13-19-5-6-22-3-1-2-4-23(22)12-19)10-8-25(32)30-27-14-20-11-21(15-27)17-28(33,16-20)18-27/h1-6,12,20-21,33H,7-11,13-18H2,(H,29,31)(H,30,32)/t20-,21-,26-,27?,28?/m1/s1. The monoisotopic (exact) mass is 446 g/mol. The number of nitrogens with one attached hydrogen (secondary N) is 2. The van der Waals surface area contributed by atoms with Crippen LogP contribution in [0, 0.1) is 11.8 Å². The third-order valence-electron chi connectivity index (χ3n) is 8.86. The highest BCUT2D eigenvalue weighted by molar-refractivity contribution is 5.83. The van der Waals surface area contributed by atoms with Gasteiger partial charge in [0.15, 0.2) is 0 Å². The van der Waals surface area contributed by atoms with Gasteiger partial charge in [-0.25, -0.2) is 0 Å². The molecule has 2 amide bonds. The van der Waals surface area contributed by atoms with Crippen LogP contribution in [0.4, 0.5) is 0 Å². The summed E-state index contributed by atoms with van der Waals surface area (Å²) in [6.07, 6.45) is 8.83. The van der Waals surface area contributed by atoms with E-state index in [0.29, 0.717) is 37.5 Å². The van der Waals surface area contributed by atoms with Crippen LogP contribution >= 0.6 is 0 Å². The fraction of sp³-hybridized carbons (Fsp3) is 0.571. The van der Waals surface area contributed by atoms with Crippen molar-refractivity contribution in [2.24, 2.45) is 11.8 Å². The Hall–Kier alpha value is -2.40. The first-order valence-corrected chi connectivity index (χ1v) is 12.6. The third kappa shape index (κ3) is 4.05. The summed E-state index contributed by atoms with van der Waals surface area (Å²) >= 11 is 0. The Morgan fingerprint density at radius 2 is 1.82 bits per heavy atom. The van der Waals surface area contributed by atoms with Crippen molar-refractivity contribution in [3.8, 4) is 0 Å². The van der Waals surface area contributed by atoms with Gasteiger partial charge < -0.3 is 15.7 Å². The van der Waals surface area contributed by atoms with E-state index >= 15 is 0 Å². The molecule has 5 heteroatoms. The van der Waals surface area contributed by atoms with Crippen molar-refractivity contribution in [3.63, 3.8) is 0 Å². The molecule has 3 atom stereocenters. The molecule has 33 heavy (non-hydrogen) atoms. The lowest BCUT2D eigenvalue weighted by molar-refractivity contribution is -0.151. The predicted octanol–water partition coefficient (Wildman–Crippen LogP) is 4.01. The molecule has 2 aromatic carbocycles. The lowest BCUT2D eigenvalue weighted by Gasteiger charge is -2.60. The molecule has 0 unspecified atom stereocenters. The minimum absolute atomic E-state index is 0.0691. The van der Waals surface area contributed by atoms with Crippen LogP contribution in [-0.4, -0.2) is 33.6 Å². The van der Waals surface area contributed by atoms with Crippen molar-refractivity contribution in [1.82, 2.24) is 10.6 Å². The van der Waals surface area contributed by atoms with Crippen LogP contribution < -0.4 is 10.6 Å². The first-order chi connectivity index (χ1) is 15.8. The maximum atomic E-state index is 13.1. The highest BCUT2D eigenvalue weighted by Gasteiger charge is 2.57. The predicted molar refractivity (Wildman–Crippen MR) is 127 cm³/mol. The second-order valence-electron chi connectivity index (χ2n) is 11.7. The molecular formula is C28H34N2O3. The van der Waals surface area contributed by atoms with Gasteiger partial charge in [0, 0.05) is 23.9 Å². The average molecular weight is 447 g/mol. The lowest BCUT2D eigenvalue weighted by atomic mass is 9.51. The van der Waals surface area contributed by atoms with E-state index in [1.807, 2.05) is 12.1 Å². The zero-order valence-electron chi connectivity index (χ0n) is 19.2. The topological polar surface area (TPSA) is 78.4 Å². The second-order valence-corrected chi connectivity index (χ2v) is 11.7. The molecule has 174 valence electrons. The van der Waals surface area contributed by atoms with Crippen LogP contribution in [0.3, 0.4) is 0 Å². The van der Waals surface area contributed by atoms with E-state index < -0.39 is 5.60 Å². The molecule has 4 bridgehead atoms. The molecule has 0 radical (unpaired) electrons. The van der Waals surface area contributed by atoms with Gasteiger partial charge in [0.05, 0.1) is 5.60 Å². The Balaban J connectivity index is 1.15. The van der Waals surface area contributed by atoms with E-state index in [-0.39, 0.29) is 22.9 Å². The van der Waals surface area contributed by atoms with Gasteiger partial charge in [-0.1, -0.05) is 42.5 Å². The quantitative estimate of drug-likeness (QED) is 0.627. The Kier molecular flexibility index (Phi) is 4.84. The van der Waals surface area contributed by atoms with Crippen LogP contribution in [0.15, 0.2) is 42.5 Å². The smallest absolute Gasteiger partial charge is 0.220 e. The normalized spacial score (nSPS) is 36.8. The molecule has 5 nitrogen and oxygen atoms in total. The van der Waals surface area contributed by atoms with Crippen LogP contribution in [0.2, 0.25) is 0 Å². The zero-order valence-corrected chi connectivity index (χ0v) is 19.2. The summed E-state index contributed by atoms with van der Waals surface area (Å²) in [4.78, 5) is 25.3. The number of hydrogen-bond acceptors (Lipinski definition) is 3. The Morgan fingerprint density at radius 1 is 1.06 bits per heavy atom. The highest BCUT2D eigenvalue weighted by atomic mass is 16.3. The maximum absolute atomic E-state index is 13.1. The summed E-state index contributed by atoms with van der Waals surface area (Å²) in [5.41, 5.74) is 0.0324. The van der Waals surface area contributed by atoms with E-state index in [4.69, 9.17) is 0 Å². The molecule has 4 aliphatic carbocycles. The maximum Gasteiger partial charge on any atom is 0.220 e. The van der Waals surface area contributed by atoms with Gasteiger partial charge in [-0.2, -0.15) is 0 Å². The molecule has 4 saturated carbocycles. The van der Waals surface area contributed by atoms with E-state index in [1.165, 1.54) is 22.8 Å². The molecule has 5 fully saturated rings. The molecule has 1 heterocycles. The second kappa shape index (κ2) is 7.56. The van der Waals surface area contributed by atoms with Crippen molar-refractivity contribution in [3.05, 3.63) is 48.0 Å². The van der Waals surface area contributed by atoms with E-state index in [9.17, 15) is 14.7 Å². The number of fused-ring (bicyclic) bond motifs is 1. The van der Waals surface area contributed by atoms with Gasteiger partial charge >= 0.3 is 0 Å². The minimum Gasteiger partial charge on any atom is -0.390 e. The summed E-state index contributed by atoms with van der Waals surface area (Å²) < 4.78 is 0. The van der Waals surface area contributed by atoms with Gasteiger partial charge in [-0.05, 0) is 86.0 Å². The number of carbonyl (C=O) groups excluding carboxylic acids is 2. The fourth-order valence-electron chi connectivity index (χ4n) is 7.99. The highest BCUT2D eigenvalue weighted by Crippen LogP contribution is 2.57. The molecule has 0 spiro atoms. The van der Waals surface area contributed by atoms with Gasteiger partial charge in [0.2, 0.25) is 11.8 Å². The van der Waals surface area contributed by atoms with Crippen LogP contribution in [0.25, 0.3) is 10.8 Å². The van der Waals surface area contributed by atoms with Crippen molar-refractivity contribution in [2.75, 3.05) is 0 Å². The summed E-state index contributed by atoms with van der Waals surface area (Å²) in [5, 5.41) is 20.0. The van der Waals surface area contributed by atoms with Gasteiger partial charge in [-0.3, -0.25) is 9.59 Å². The number of aliphatic hydroxyl groups is 1. The number of rotatable bonds is 6. The molecule has 5 aliphatic rings. The Morgan fingerprint density at radius 3 is 2.52 bits per heavy atom. The Labute approximate surface area is 195 Å². The van der Waals surface area contributed by atoms with Crippen molar-refractivity contribution >= 4 is 22.6 Å². The first kappa shape index (κ1) is 21.2. The Bertz CT molecular complexity index is 1100. The van der Waals surface area contributed by atoms with Gasteiger partial charge in [0.1, 0.15) is 0 Å². The van der Waals surface area contributed by atoms with E-state index in [2.05, 4.69) is 41.0 Å². The zero-order chi connectivity index (χ0) is 22.7. The van der Waals surface area contributed by atoms with Crippen molar-refractivity contribution in [2.45, 2.75) is 87.3 Å². The summed E-state index contributed by atoms with van der Waals surface area (Å²) in [7, 11) is 0. The van der Waals surface area contributed by atoms with Gasteiger partial charge in [-0.15, -0.1) is 0 Å². The first-order valence-electron chi connectivity index (χ1n) is 12.6. The van der Waals surface area contributed by atoms with Gasteiger partial charge in [0.25, 0.3) is 0 Å². The number of benzene rings is 2. The third-order valence-corrected chi connectivity index (χ3v) is 8.86. The van der Waals surface area contributed by atoms with Crippen molar-refractivity contribution < 1.29 is 14.7 Å². The summed E-state index contributed by atoms with van der Waals surface area (Å²) in [5.74, 6) is 1.24.